The van der Waals surface area contributed by atoms with Crippen LogP contribution in [0.5, 0.6) is 5.75 Å². The van der Waals surface area contributed by atoms with Crippen LogP contribution < -0.4 is 5.32 Å². The molecular formula is C20H21ClN4O3. The molecule has 1 aliphatic heterocycles. The fourth-order valence-corrected chi connectivity index (χ4v) is 3.30. The molecule has 0 bridgehead atoms. The largest absolute Gasteiger partial charge is 0.506 e. The van der Waals surface area contributed by atoms with Crippen LogP contribution in [0, 0.1) is 0 Å². The molecule has 0 unspecified atom stereocenters. The monoisotopic (exact) mass is 400 g/mol. The number of hydrogen-bond acceptors (Lipinski definition) is 5. The zero-order valence-corrected chi connectivity index (χ0v) is 16.0. The molecule has 2 heterocycles. The number of anilines is 1. The van der Waals surface area contributed by atoms with Gasteiger partial charge >= 0.3 is 0 Å². The smallest absolute Gasteiger partial charge is 0.246 e. The van der Waals surface area contributed by atoms with Crippen molar-refractivity contribution in [1.29, 1.82) is 0 Å². The van der Waals surface area contributed by atoms with Crippen LogP contribution in [0.3, 0.4) is 0 Å². The van der Waals surface area contributed by atoms with Crippen molar-refractivity contribution in [2.24, 2.45) is 0 Å². The van der Waals surface area contributed by atoms with E-state index in [2.05, 4.69) is 16.9 Å². The fourth-order valence-electron chi connectivity index (χ4n) is 3.04. The predicted molar refractivity (Wildman–Crippen MR) is 108 cm³/mol. The number of benzene rings is 1. The molecule has 1 aromatic carbocycles. The molecule has 0 aliphatic carbocycles. The second kappa shape index (κ2) is 8.75. The molecule has 2 N–H and O–H groups in total. The molecule has 7 nitrogen and oxygen atoms in total. The van der Waals surface area contributed by atoms with Crippen LogP contribution in [0.2, 0.25) is 5.02 Å². The molecule has 146 valence electrons. The number of aromatic hydroxyl groups is 1. The van der Waals surface area contributed by atoms with E-state index in [1.54, 1.807) is 34.3 Å². The molecule has 0 saturated carbocycles. The van der Waals surface area contributed by atoms with Gasteiger partial charge in [0.05, 0.1) is 17.3 Å². The highest BCUT2D eigenvalue weighted by molar-refractivity contribution is 6.33. The van der Waals surface area contributed by atoms with Gasteiger partial charge in [0.1, 0.15) is 5.75 Å². The molecule has 1 aliphatic rings. The number of piperazine rings is 1. The number of amides is 2. The highest BCUT2D eigenvalue weighted by Gasteiger charge is 2.23. The number of carbonyl (C=O) groups is 2. The Morgan fingerprint density at radius 3 is 2.61 bits per heavy atom. The number of aromatic nitrogens is 1. The maximum atomic E-state index is 12.5. The second-order valence-corrected chi connectivity index (χ2v) is 6.76. The Morgan fingerprint density at radius 1 is 1.25 bits per heavy atom. The van der Waals surface area contributed by atoms with Crippen LogP contribution in [0.25, 0.3) is 11.1 Å². The number of rotatable bonds is 5. The second-order valence-electron chi connectivity index (χ2n) is 6.35. The number of pyridine rings is 1. The van der Waals surface area contributed by atoms with Crippen molar-refractivity contribution in [1.82, 2.24) is 14.8 Å². The molecule has 1 fully saturated rings. The Hall–Kier alpha value is -3.06. The average molecular weight is 401 g/mol. The number of carbonyl (C=O) groups excluding carboxylic acids is 2. The number of halogens is 1. The van der Waals surface area contributed by atoms with Gasteiger partial charge < -0.3 is 20.2 Å². The van der Waals surface area contributed by atoms with Gasteiger partial charge in [-0.05, 0) is 18.2 Å². The maximum Gasteiger partial charge on any atom is 0.246 e. The van der Waals surface area contributed by atoms with Crippen molar-refractivity contribution in [3.8, 4) is 16.9 Å². The molecule has 0 spiro atoms. The third kappa shape index (κ3) is 4.43. The Bertz CT molecular complexity index is 881. The SMILES string of the molecule is C=CC(=O)N1CCN(C(=O)CNc2cc(-c3cccnc3)c(Cl)cc2O)CC1. The van der Waals surface area contributed by atoms with E-state index in [-0.39, 0.29) is 24.1 Å². The lowest BCUT2D eigenvalue weighted by Gasteiger charge is -2.34. The summed E-state index contributed by atoms with van der Waals surface area (Å²) in [4.78, 5) is 31.5. The Balaban J connectivity index is 1.64. The van der Waals surface area contributed by atoms with E-state index in [4.69, 9.17) is 11.6 Å². The van der Waals surface area contributed by atoms with Gasteiger partial charge in [-0.25, -0.2) is 0 Å². The summed E-state index contributed by atoms with van der Waals surface area (Å²) in [5.41, 5.74) is 1.93. The van der Waals surface area contributed by atoms with Gasteiger partial charge in [-0.1, -0.05) is 24.2 Å². The zero-order chi connectivity index (χ0) is 20.1. The summed E-state index contributed by atoms with van der Waals surface area (Å²) in [6.07, 6.45) is 4.62. The Kier molecular flexibility index (Phi) is 6.16. The first-order valence-corrected chi connectivity index (χ1v) is 9.23. The van der Waals surface area contributed by atoms with E-state index in [1.165, 1.54) is 12.1 Å². The summed E-state index contributed by atoms with van der Waals surface area (Å²) >= 11 is 6.24. The summed E-state index contributed by atoms with van der Waals surface area (Å²) in [6, 6.07) is 6.80. The summed E-state index contributed by atoms with van der Waals surface area (Å²) in [5, 5.41) is 13.5. The molecular weight excluding hydrogens is 380 g/mol. The van der Waals surface area contributed by atoms with Gasteiger partial charge in [-0.15, -0.1) is 0 Å². The van der Waals surface area contributed by atoms with Crippen LogP contribution in [-0.4, -0.2) is 64.4 Å². The molecule has 2 amide bonds. The molecule has 8 heteroatoms. The molecule has 3 rings (SSSR count). The number of nitrogens with one attached hydrogen (secondary N) is 1. The number of phenols is 1. The standard InChI is InChI=1S/C20H21ClN4O3/c1-2-19(27)24-6-8-25(9-7-24)20(28)13-23-17-10-15(16(21)11-18(17)26)14-4-3-5-22-12-14/h2-5,10-12,23,26H,1,6-9,13H2. The molecule has 1 aromatic heterocycles. The number of phenolic OH excluding ortho intramolecular Hbond substituents is 1. The molecule has 28 heavy (non-hydrogen) atoms. The molecule has 2 aromatic rings. The fraction of sp³-hybridized carbons (Fsp3) is 0.250. The average Bonchev–Trinajstić information content (AvgIpc) is 2.73. The van der Waals surface area contributed by atoms with Crippen molar-refractivity contribution in [3.63, 3.8) is 0 Å². The maximum absolute atomic E-state index is 12.5. The zero-order valence-electron chi connectivity index (χ0n) is 15.3. The summed E-state index contributed by atoms with van der Waals surface area (Å²) < 4.78 is 0. The minimum Gasteiger partial charge on any atom is -0.506 e. The van der Waals surface area contributed by atoms with E-state index in [0.717, 1.165) is 5.56 Å². The first-order valence-electron chi connectivity index (χ1n) is 8.85. The number of nitrogens with zero attached hydrogens (tertiary/aromatic N) is 3. The number of hydrogen-bond donors (Lipinski definition) is 2. The van der Waals surface area contributed by atoms with Crippen molar-refractivity contribution in [2.75, 3.05) is 38.0 Å². The van der Waals surface area contributed by atoms with Crippen LogP contribution in [0.15, 0.2) is 49.3 Å². The van der Waals surface area contributed by atoms with Gasteiger partial charge in [-0.3, -0.25) is 14.6 Å². The van der Waals surface area contributed by atoms with Gasteiger partial charge in [0, 0.05) is 55.8 Å². The van der Waals surface area contributed by atoms with E-state index >= 15 is 0 Å². The topological polar surface area (TPSA) is 85.8 Å². The highest BCUT2D eigenvalue weighted by Crippen LogP contribution is 2.36. The summed E-state index contributed by atoms with van der Waals surface area (Å²) in [7, 11) is 0. The van der Waals surface area contributed by atoms with Gasteiger partial charge in [0.2, 0.25) is 11.8 Å². The summed E-state index contributed by atoms with van der Waals surface area (Å²) in [5.74, 6) is -0.269. The first-order chi connectivity index (χ1) is 13.5. The molecule has 1 saturated heterocycles. The lowest BCUT2D eigenvalue weighted by atomic mass is 10.1. The van der Waals surface area contributed by atoms with Crippen LogP contribution in [-0.2, 0) is 9.59 Å². The molecule has 0 radical (unpaired) electrons. The third-order valence-electron chi connectivity index (χ3n) is 4.61. The normalized spacial score (nSPS) is 13.9. The van der Waals surface area contributed by atoms with Crippen molar-refractivity contribution < 1.29 is 14.7 Å². The third-order valence-corrected chi connectivity index (χ3v) is 4.92. The van der Waals surface area contributed by atoms with Crippen molar-refractivity contribution in [2.45, 2.75) is 0 Å². The van der Waals surface area contributed by atoms with E-state index < -0.39 is 0 Å². The lowest BCUT2D eigenvalue weighted by Crippen LogP contribution is -2.51. The van der Waals surface area contributed by atoms with Crippen molar-refractivity contribution in [3.05, 3.63) is 54.3 Å². The predicted octanol–water partition coefficient (Wildman–Crippen LogP) is 2.38. The highest BCUT2D eigenvalue weighted by atomic mass is 35.5. The van der Waals surface area contributed by atoms with Crippen LogP contribution in [0.4, 0.5) is 5.69 Å². The van der Waals surface area contributed by atoms with Crippen LogP contribution >= 0.6 is 11.6 Å². The van der Waals surface area contributed by atoms with Gasteiger partial charge in [0.15, 0.2) is 0 Å². The van der Waals surface area contributed by atoms with E-state index in [9.17, 15) is 14.7 Å². The Morgan fingerprint density at radius 2 is 1.96 bits per heavy atom. The molecule has 0 atom stereocenters. The minimum absolute atomic E-state index is 0.0249. The Labute approximate surface area is 168 Å². The lowest BCUT2D eigenvalue weighted by molar-refractivity contribution is -0.135. The van der Waals surface area contributed by atoms with Crippen molar-refractivity contribution >= 4 is 29.1 Å². The minimum atomic E-state index is -0.126. The van der Waals surface area contributed by atoms with Gasteiger partial charge in [0.25, 0.3) is 0 Å². The van der Waals surface area contributed by atoms with E-state index in [0.29, 0.717) is 42.5 Å². The quantitative estimate of drug-likeness (QED) is 0.594. The first kappa shape index (κ1) is 19.7. The van der Waals surface area contributed by atoms with Gasteiger partial charge in [-0.2, -0.15) is 0 Å². The van der Waals surface area contributed by atoms with Crippen LogP contribution in [0.1, 0.15) is 0 Å². The summed E-state index contributed by atoms with van der Waals surface area (Å²) in [6.45, 7) is 5.39. The van der Waals surface area contributed by atoms with E-state index in [1.807, 2.05) is 6.07 Å².